The highest BCUT2D eigenvalue weighted by Gasteiger charge is 2.12. The number of nitrogens with zero attached hydrogens (tertiary/aromatic N) is 1. The van der Waals surface area contributed by atoms with Crippen molar-refractivity contribution in [3.63, 3.8) is 0 Å². The van der Waals surface area contributed by atoms with E-state index < -0.39 is 0 Å². The number of hydrogen-bond donors (Lipinski definition) is 4. The van der Waals surface area contributed by atoms with Crippen molar-refractivity contribution in [1.29, 1.82) is 5.41 Å². The lowest BCUT2D eigenvalue weighted by Crippen LogP contribution is -2.24. The van der Waals surface area contributed by atoms with E-state index in [1.54, 1.807) is 23.9 Å². The summed E-state index contributed by atoms with van der Waals surface area (Å²) in [5.41, 5.74) is 6.08. The Hall–Kier alpha value is -2.31. The highest BCUT2D eigenvalue weighted by molar-refractivity contribution is 6.04. The molecule has 1 rings (SSSR count). The van der Waals surface area contributed by atoms with Crippen molar-refractivity contribution in [1.82, 2.24) is 9.88 Å². The minimum absolute atomic E-state index is 0.161. The first-order valence-corrected chi connectivity index (χ1v) is 5.51. The summed E-state index contributed by atoms with van der Waals surface area (Å²) in [6.07, 6.45) is 1.47. The number of nitrogens with two attached hydrogens (primary N) is 1. The van der Waals surface area contributed by atoms with Gasteiger partial charge in [-0.3, -0.25) is 15.0 Å². The van der Waals surface area contributed by atoms with Gasteiger partial charge in [-0.2, -0.15) is 0 Å². The van der Waals surface area contributed by atoms with Crippen LogP contribution in [0, 0.1) is 5.41 Å². The molecule has 0 fully saturated rings. The average Bonchev–Trinajstić information content (AvgIpc) is 2.58. The van der Waals surface area contributed by atoms with Gasteiger partial charge in [-0.15, -0.1) is 0 Å². The summed E-state index contributed by atoms with van der Waals surface area (Å²) >= 11 is 0. The van der Waals surface area contributed by atoms with Crippen molar-refractivity contribution in [2.75, 3.05) is 11.9 Å². The summed E-state index contributed by atoms with van der Waals surface area (Å²) in [6, 6.07) is 1.57. The van der Waals surface area contributed by atoms with Crippen molar-refractivity contribution in [2.45, 2.75) is 13.3 Å². The fraction of sp³-hybridized carbons (Fsp3) is 0.364. The minimum atomic E-state index is -0.379. The molecule has 0 spiro atoms. The molecule has 0 aromatic carbocycles. The Labute approximate surface area is 105 Å². The Morgan fingerprint density at radius 2 is 2.17 bits per heavy atom. The summed E-state index contributed by atoms with van der Waals surface area (Å²) in [4.78, 5) is 23.0. The maximum absolute atomic E-state index is 11.6. The molecule has 18 heavy (non-hydrogen) atoms. The van der Waals surface area contributed by atoms with Gasteiger partial charge in [0.1, 0.15) is 11.5 Å². The zero-order chi connectivity index (χ0) is 13.7. The monoisotopic (exact) mass is 251 g/mol. The summed E-state index contributed by atoms with van der Waals surface area (Å²) in [5.74, 6) is -0.782. The molecule has 0 unspecified atom stereocenters. The molecule has 0 atom stereocenters. The van der Waals surface area contributed by atoms with E-state index in [1.165, 1.54) is 0 Å². The lowest BCUT2D eigenvalue weighted by atomic mass is 10.3. The molecule has 2 amide bonds. The lowest BCUT2D eigenvalue weighted by molar-refractivity contribution is -0.115. The van der Waals surface area contributed by atoms with Crippen LogP contribution in [0.2, 0.25) is 0 Å². The normalized spacial score (nSPS) is 9.89. The third-order valence-corrected chi connectivity index (χ3v) is 2.21. The predicted octanol–water partition coefficient (Wildman–Crippen LogP) is 0.0394. The summed E-state index contributed by atoms with van der Waals surface area (Å²) < 4.78 is 1.62. The second kappa shape index (κ2) is 5.85. The van der Waals surface area contributed by atoms with E-state index in [1.807, 2.05) is 6.92 Å². The van der Waals surface area contributed by atoms with E-state index in [0.717, 1.165) is 0 Å². The van der Waals surface area contributed by atoms with Crippen LogP contribution in [0.3, 0.4) is 0 Å². The number of nitrogens with one attached hydrogen (secondary N) is 3. The van der Waals surface area contributed by atoms with E-state index in [2.05, 4.69) is 10.6 Å². The molecule has 0 bridgehead atoms. The van der Waals surface area contributed by atoms with Gasteiger partial charge >= 0.3 is 0 Å². The van der Waals surface area contributed by atoms with Gasteiger partial charge in [0.15, 0.2) is 0 Å². The summed E-state index contributed by atoms with van der Waals surface area (Å²) in [5, 5.41) is 12.3. The number of aromatic nitrogens is 1. The van der Waals surface area contributed by atoms with Crippen LogP contribution < -0.4 is 16.4 Å². The molecular formula is C11H17N5O2. The van der Waals surface area contributed by atoms with Crippen LogP contribution in [0.15, 0.2) is 12.3 Å². The number of hydrogen-bond acceptors (Lipinski definition) is 3. The molecule has 0 aliphatic carbocycles. The van der Waals surface area contributed by atoms with Crippen molar-refractivity contribution in [3.8, 4) is 0 Å². The van der Waals surface area contributed by atoms with Gasteiger partial charge in [0.25, 0.3) is 5.91 Å². The molecule has 0 saturated carbocycles. The van der Waals surface area contributed by atoms with Crippen LogP contribution in [0.5, 0.6) is 0 Å². The largest absolute Gasteiger partial charge is 0.387 e. The Morgan fingerprint density at radius 3 is 2.72 bits per heavy atom. The molecule has 0 aliphatic rings. The smallest absolute Gasteiger partial charge is 0.267 e. The van der Waals surface area contributed by atoms with Crippen molar-refractivity contribution < 1.29 is 9.59 Å². The molecule has 98 valence electrons. The van der Waals surface area contributed by atoms with Crippen LogP contribution in [0.25, 0.3) is 0 Å². The second-order valence-corrected chi connectivity index (χ2v) is 3.83. The predicted molar refractivity (Wildman–Crippen MR) is 68.6 cm³/mol. The number of rotatable bonds is 5. The van der Waals surface area contributed by atoms with Gasteiger partial charge in [-0.05, 0) is 13.0 Å². The first-order chi connectivity index (χ1) is 8.43. The molecule has 0 aliphatic heterocycles. The number of carbonyl (C=O) groups is 2. The minimum Gasteiger partial charge on any atom is -0.387 e. The van der Waals surface area contributed by atoms with Crippen LogP contribution >= 0.6 is 0 Å². The quantitative estimate of drug-likeness (QED) is 0.437. The zero-order valence-electron chi connectivity index (χ0n) is 10.4. The van der Waals surface area contributed by atoms with Gasteiger partial charge < -0.3 is 20.9 Å². The molecule has 1 aromatic heterocycles. The highest BCUT2D eigenvalue weighted by Crippen LogP contribution is 2.13. The third-order valence-electron chi connectivity index (χ3n) is 2.21. The Kier molecular flexibility index (Phi) is 4.47. The first kappa shape index (κ1) is 13.8. The maximum Gasteiger partial charge on any atom is 0.267 e. The number of anilines is 1. The fourth-order valence-electron chi connectivity index (χ4n) is 1.49. The topological polar surface area (TPSA) is 113 Å². The summed E-state index contributed by atoms with van der Waals surface area (Å²) in [7, 11) is 1.71. The Bertz CT molecular complexity index is 478. The fourth-order valence-corrected chi connectivity index (χ4v) is 1.49. The van der Waals surface area contributed by atoms with E-state index in [9.17, 15) is 9.59 Å². The molecule has 7 nitrogen and oxygen atoms in total. The molecular weight excluding hydrogens is 234 g/mol. The van der Waals surface area contributed by atoms with Gasteiger partial charge in [-0.25, -0.2) is 0 Å². The molecule has 0 radical (unpaired) electrons. The van der Waals surface area contributed by atoms with Crippen LogP contribution in [-0.2, 0) is 11.8 Å². The van der Waals surface area contributed by atoms with E-state index in [0.29, 0.717) is 17.9 Å². The molecule has 0 saturated heterocycles. The molecule has 1 aromatic rings. The molecule has 1 heterocycles. The lowest BCUT2D eigenvalue weighted by Gasteiger charge is -2.01. The van der Waals surface area contributed by atoms with Gasteiger partial charge in [-0.1, -0.05) is 0 Å². The molecule has 5 N–H and O–H groups in total. The maximum atomic E-state index is 11.6. The summed E-state index contributed by atoms with van der Waals surface area (Å²) in [6.45, 7) is 2.37. The number of aryl methyl sites for hydroxylation is 1. The van der Waals surface area contributed by atoms with E-state index >= 15 is 0 Å². The first-order valence-electron chi connectivity index (χ1n) is 5.51. The van der Waals surface area contributed by atoms with Crippen molar-refractivity contribution in [3.05, 3.63) is 18.0 Å². The van der Waals surface area contributed by atoms with Crippen LogP contribution in [0.4, 0.5) is 5.69 Å². The highest BCUT2D eigenvalue weighted by atomic mass is 16.2. The second-order valence-electron chi connectivity index (χ2n) is 3.83. The average molecular weight is 251 g/mol. The number of carbonyl (C=O) groups excluding carboxylic acids is 2. The molecule has 7 heteroatoms. The Morgan fingerprint density at radius 1 is 1.50 bits per heavy atom. The third kappa shape index (κ3) is 3.62. The SMILES string of the molecule is CCNC(=O)c1cc(NC(=O)CC(=N)N)cn1C. The standard InChI is InChI=1S/C11H17N5O2/c1-3-14-11(18)8-4-7(6-16(8)2)15-10(17)5-9(12)13/h4,6H,3,5H2,1-2H3,(H3,12,13)(H,14,18)(H,15,17). The van der Waals surface area contributed by atoms with Gasteiger partial charge in [0.2, 0.25) is 5.91 Å². The van der Waals surface area contributed by atoms with Gasteiger partial charge in [0, 0.05) is 19.8 Å². The number of amides is 2. The van der Waals surface area contributed by atoms with E-state index in [4.69, 9.17) is 11.1 Å². The van der Waals surface area contributed by atoms with Crippen LogP contribution in [-0.4, -0.2) is 28.8 Å². The van der Waals surface area contributed by atoms with E-state index in [-0.39, 0.29) is 24.1 Å². The number of amidine groups is 1. The van der Waals surface area contributed by atoms with Gasteiger partial charge in [0.05, 0.1) is 12.1 Å². The zero-order valence-corrected chi connectivity index (χ0v) is 10.4. The van der Waals surface area contributed by atoms with Crippen molar-refractivity contribution >= 4 is 23.3 Å². The Balaban J connectivity index is 2.75. The van der Waals surface area contributed by atoms with Crippen molar-refractivity contribution in [2.24, 2.45) is 12.8 Å². The van der Waals surface area contributed by atoms with Crippen LogP contribution in [0.1, 0.15) is 23.8 Å².